The maximum atomic E-state index is 12.7. The zero-order valence-corrected chi connectivity index (χ0v) is 13.9. The number of ether oxygens (including phenoxy) is 1. The summed E-state index contributed by atoms with van der Waals surface area (Å²) in [4.78, 5) is 12.0. The largest absolute Gasteiger partial charge is 0.394 e. The second-order valence-electron chi connectivity index (χ2n) is 5.22. The fraction of sp³-hybridized carbons (Fsp3) is 0.583. The summed E-state index contributed by atoms with van der Waals surface area (Å²) in [5.41, 5.74) is 5.36. The van der Waals surface area contributed by atoms with E-state index in [1.54, 1.807) is 0 Å². The summed E-state index contributed by atoms with van der Waals surface area (Å²) in [6.07, 6.45) is -0.600. The molecule has 0 saturated carbocycles. The van der Waals surface area contributed by atoms with Crippen LogP contribution in [0.5, 0.6) is 0 Å². The molecule has 132 valence electrons. The van der Waals surface area contributed by atoms with Crippen LogP contribution in [0.25, 0.3) is 11.2 Å². The van der Waals surface area contributed by atoms with Crippen molar-refractivity contribution in [2.24, 2.45) is 0 Å². The lowest BCUT2D eigenvalue weighted by atomic mass is 10.2. The fourth-order valence-corrected chi connectivity index (χ4v) is 4.60. The number of nitrogens with two attached hydrogens (primary N) is 1. The number of aliphatic hydroxyl groups is 2. The van der Waals surface area contributed by atoms with E-state index in [9.17, 15) is 14.8 Å². The first-order valence-electron chi connectivity index (χ1n) is 7.05. The molecule has 0 aliphatic carbocycles. The standard InChI is InChI=1S/C12H18N5O6P/c1-21-24(20,22-2)9-6(3-18)23-12(8(9)19)17-5-16-7-10(13)14-4-15-11(7)17/h4-6,8-9,12,18-19H,3H2,1-2H3,(H2,13,14,15)/t6-,8-,9-,12-/m1/s1. The number of aromatic nitrogens is 4. The summed E-state index contributed by atoms with van der Waals surface area (Å²) >= 11 is 0. The molecule has 12 heteroatoms. The van der Waals surface area contributed by atoms with Crippen LogP contribution < -0.4 is 5.73 Å². The summed E-state index contributed by atoms with van der Waals surface area (Å²) in [6.45, 7) is -0.474. The molecule has 4 N–H and O–H groups in total. The van der Waals surface area contributed by atoms with Gasteiger partial charge in [0.05, 0.1) is 12.9 Å². The molecular formula is C12H18N5O6P. The van der Waals surface area contributed by atoms with Crippen LogP contribution in [0.1, 0.15) is 6.23 Å². The van der Waals surface area contributed by atoms with Gasteiger partial charge in [-0.05, 0) is 0 Å². The average Bonchev–Trinajstić information content (AvgIpc) is 3.16. The molecule has 0 bridgehead atoms. The molecule has 3 rings (SSSR count). The molecule has 3 heterocycles. The van der Waals surface area contributed by atoms with Crippen molar-refractivity contribution in [2.45, 2.75) is 24.1 Å². The van der Waals surface area contributed by atoms with Crippen molar-refractivity contribution in [1.82, 2.24) is 19.5 Å². The van der Waals surface area contributed by atoms with Crippen molar-refractivity contribution >= 4 is 24.6 Å². The van der Waals surface area contributed by atoms with E-state index in [1.165, 1.54) is 31.4 Å². The van der Waals surface area contributed by atoms with Crippen molar-refractivity contribution in [3.05, 3.63) is 12.7 Å². The number of hydrogen-bond donors (Lipinski definition) is 3. The molecule has 0 unspecified atom stereocenters. The Labute approximate surface area is 136 Å². The number of aliphatic hydroxyl groups excluding tert-OH is 2. The van der Waals surface area contributed by atoms with Crippen LogP contribution in [0, 0.1) is 0 Å². The van der Waals surface area contributed by atoms with Crippen LogP contribution in [0.15, 0.2) is 12.7 Å². The molecular weight excluding hydrogens is 341 g/mol. The minimum Gasteiger partial charge on any atom is -0.394 e. The van der Waals surface area contributed by atoms with Crippen molar-refractivity contribution < 1.29 is 28.6 Å². The molecule has 0 aromatic carbocycles. The SMILES string of the molecule is COP(=O)(OC)[C@H]1[C@@H](O)[C@H](n2cnc3c(N)ncnc32)O[C@@H]1CO. The molecule has 2 aromatic heterocycles. The highest BCUT2D eigenvalue weighted by molar-refractivity contribution is 7.54. The van der Waals surface area contributed by atoms with Crippen molar-refractivity contribution in [3.63, 3.8) is 0 Å². The van der Waals surface area contributed by atoms with Gasteiger partial charge in [-0.3, -0.25) is 9.13 Å². The Balaban J connectivity index is 2.03. The highest BCUT2D eigenvalue weighted by Gasteiger charge is 2.55. The third-order valence-corrected chi connectivity index (χ3v) is 6.44. The molecule has 2 aromatic rings. The van der Waals surface area contributed by atoms with Crippen molar-refractivity contribution in [1.29, 1.82) is 0 Å². The van der Waals surface area contributed by atoms with Gasteiger partial charge in [-0.25, -0.2) is 15.0 Å². The number of nitrogens with zero attached hydrogens (tertiary/aromatic N) is 4. The van der Waals surface area contributed by atoms with Crippen LogP contribution in [0.2, 0.25) is 0 Å². The zero-order chi connectivity index (χ0) is 17.5. The molecule has 11 nitrogen and oxygen atoms in total. The third kappa shape index (κ3) is 2.50. The lowest BCUT2D eigenvalue weighted by molar-refractivity contribution is -0.0487. The molecule has 1 aliphatic heterocycles. The summed E-state index contributed by atoms with van der Waals surface area (Å²) < 4.78 is 29.7. The molecule has 1 saturated heterocycles. The molecule has 4 atom stereocenters. The van der Waals surface area contributed by atoms with Gasteiger partial charge in [0.15, 0.2) is 17.7 Å². The number of hydrogen-bond acceptors (Lipinski definition) is 10. The molecule has 0 spiro atoms. The summed E-state index contributed by atoms with van der Waals surface area (Å²) in [5.74, 6) is 0.181. The average molecular weight is 359 g/mol. The van der Waals surface area contributed by atoms with E-state index in [1.807, 2.05) is 0 Å². The predicted molar refractivity (Wildman–Crippen MR) is 82.2 cm³/mol. The van der Waals surface area contributed by atoms with E-state index in [2.05, 4.69) is 15.0 Å². The summed E-state index contributed by atoms with van der Waals surface area (Å²) in [5, 5.41) is 20.2. The maximum absolute atomic E-state index is 12.7. The highest BCUT2D eigenvalue weighted by Crippen LogP contribution is 2.58. The monoisotopic (exact) mass is 359 g/mol. The Morgan fingerprint density at radius 3 is 2.71 bits per heavy atom. The van der Waals surface area contributed by atoms with E-state index in [-0.39, 0.29) is 5.82 Å². The van der Waals surface area contributed by atoms with Gasteiger partial charge in [-0.15, -0.1) is 0 Å². The smallest absolute Gasteiger partial charge is 0.338 e. The fourth-order valence-electron chi connectivity index (χ4n) is 2.87. The Kier molecular flexibility index (Phi) is 4.56. The van der Waals surface area contributed by atoms with E-state index in [0.717, 1.165) is 0 Å². The molecule has 1 aliphatic rings. The zero-order valence-electron chi connectivity index (χ0n) is 13.0. The molecule has 24 heavy (non-hydrogen) atoms. The number of imidazole rings is 1. The summed E-state index contributed by atoms with van der Waals surface area (Å²) in [6, 6.07) is 0. The number of anilines is 1. The Bertz CT molecular complexity index is 776. The van der Waals surface area contributed by atoms with Gasteiger partial charge >= 0.3 is 7.60 Å². The first-order chi connectivity index (χ1) is 11.5. The normalized spacial score (nSPS) is 27.8. The number of fused-ring (bicyclic) bond motifs is 1. The summed E-state index contributed by atoms with van der Waals surface area (Å²) in [7, 11) is -1.28. The van der Waals surface area contributed by atoms with Crippen LogP contribution in [0.3, 0.4) is 0 Å². The Morgan fingerprint density at radius 2 is 2.08 bits per heavy atom. The third-order valence-electron chi connectivity index (χ3n) is 4.05. The van der Waals surface area contributed by atoms with E-state index < -0.39 is 38.3 Å². The number of nitrogen functional groups attached to an aromatic ring is 1. The highest BCUT2D eigenvalue weighted by atomic mass is 31.2. The Hall–Kier alpha value is -1.62. The van der Waals surface area contributed by atoms with E-state index in [0.29, 0.717) is 11.2 Å². The van der Waals surface area contributed by atoms with E-state index in [4.69, 9.17) is 19.5 Å². The van der Waals surface area contributed by atoms with Crippen LogP contribution in [0.4, 0.5) is 5.82 Å². The molecule has 1 fully saturated rings. The lowest BCUT2D eigenvalue weighted by Crippen LogP contribution is -2.34. The molecule has 0 radical (unpaired) electrons. The second-order valence-corrected chi connectivity index (χ2v) is 7.62. The number of rotatable bonds is 5. The predicted octanol–water partition coefficient (Wildman–Crippen LogP) is -0.486. The second kappa shape index (κ2) is 6.36. The first-order valence-corrected chi connectivity index (χ1v) is 8.66. The lowest BCUT2D eigenvalue weighted by Gasteiger charge is -2.25. The minimum absolute atomic E-state index is 0.181. The van der Waals surface area contributed by atoms with Crippen LogP contribution >= 0.6 is 7.60 Å². The van der Waals surface area contributed by atoms with Gasteiger partial charge in [-0.2, -0.15) is 0 Å². The van der Waals surface area contributed by atoms with E-state index >= 15 is 0 Å². The van der Waals surface area contributed by atoms with Gasteiger partial charge < -0.3 is 29.7 Å². The van der Waals surface area contributed by atoms with Crippen LogP contribution in [-0.4, -0.2) is 68.4 Å². The topological polar surface area (TPSA) is 155 Å². The van der Waals surface area contributed by atoms with Crippen molar-refractivity contribution in [2.75, 3.05) is 26.6 Å². The maximum Gasteiger partial charge on any atom is 0.338 e. The molecule has 0 amide bonds. The van der Waals surface area contributed by atoms with Gasteiger partial charge in [-0.1, -0.05) is 0 Å². The quantitative estimate of drug-likeness (QED) is 0.596. The van der Waals surface area contributed by atoms with Gasteiger partial charge in [0, 0.05) is 14.2 Å². The first kappa shape index (κ1) is 17.2. The minimum atomic E-state index is -3.69. The Morgan fingerprint density at radius 1 is 1.38 bits per heavy atom. The van der Waals surface area contributed by atoms with Crippen molar-refractivity contribution in [3.8, 4) is 0 Å². The van der Waals surface area contributed by atoms with Gasteiger partial charge in [0.2, 0.25) is 0 Å². The van der Waals surface area contributed by atoms with Crippen LogP contribution in [-0.2, 0) is 18.3 Å². The van der Waals surface area contributed by atoms with Gasteiger partial charge in [0.1, 0.15) is 29.7 Å². The van der Waals surface area contributed by atoms with Gasteiger partial charge in [0.25, 0.3) is 0 Å².